The second-order valence-corrected chi connectivity index (χ2v) is 7.81. The molecule has 5 heteroatoms. The molecule has 4 aromatic rings. The number of rotatable bonds is 11. The summed E-state index contributed by atoms with van der Waals surface area (Å²) < 4.78 is 11.6. The number of carbonyl (C=O) groups is 1. The predicted octanol–water partition coefficient (Wildman–Crippen LogP) is 6.54. The first-order chi connectivity index (χ1) is 16.7. The van der Waals surface area contributed by atoms with Gasteiger partial charge in [-0.2, -0.15) is 0 Å². The van der Waals surface area contributed by atoms with Crippen molar-refractivity contribution < 1.29 is 14.3 Å². The third-order valence-electron chi connectivity index (χ3n) is 5.13. The lowest BCUT2D eigenvalue weighted by Crippen LogP contribution is -2.21. The van der Waals surface area contributed by atoms with E-state index >= 15 is 0 Å². The van der Waals surface area contributed by atoms with Crippen LogP contribution in [0.25, 0.3) is 0 Å². The fourth-order valence-electron chi connectivity index (χ4n) is 3.43. The number of aryl methyl sites for hydroxylation is 1. The summed E-state index contributed by atoms with van der Waals surface area (Å²) in [6.07, 6.45) is 1.93. The molecule has 172 valence electrons. The Balaban J connectivity index is 1.19. The van der Waals surface area contributed by atoms with E-state index in [1.54, 1.807) is 0 Å². The Labute approximate surface area is 200 Å². The van der Waals surface area contributed by atoms with Crippen LogP contribution < -0.4 is 20.1 Å². The van der Waals surface area contributed by atoms with Crippen LogP contribution in [-0.4, -0.2) is 19.1 Å². The summed E-state index contributed by atoms with van der Waals surface area (Å²) in [5.41, 5.74) is 2.86. The molecule has 0 aliphatic carbocycles. The van der Waals surface area contributed by atoms with Crippen molar-refractivity contribution >= 4 is 17.3 Å². The Kier molecular flexibility index (Phi) is 8.17. The molecule has 0 unspecified atom stereocenters. The van der Waals surface area contributed by atoms with Gasteiger partial charge in [0.25, 0.3) is 0 Å². The molecule has 0 bridgehead atoms. The summed E-state index contributed by atoms with van der Waals surface area (Å²) in [4.78, 5) is 12.4. The largest absolute Gasteiger partial charge is 0.494 e. The maximum atomic E-state index is 12.4. The van der Waals surface area contributed by atoms with Gasteiger partial charge in [0.15, 0.2) is 0 Å². The zero-order valence-corrected chi connectivity index (χ0v) is 18.9. The van der Waals surface area contributed by atoms with Crippen LogP contribution in [0.1, 0.15) is 12.0 Å². The van der Waals surface area contributed by atoms with Gasteiger partial charge in [-0.15, -0.1) is 0 Å². The molecule has 1 amide bonds. The van der Waals surface area contributed by atoms with Crippen molar-refractivity contribution in [3.8, 4) is 17.2 Å². The van der Waals surface area contributed by atoms with Gasteiger partial charge < -0.3 is 20.1 Å². The first kappa shape index (κ1) is 22.9. The Morgan fingerprint density at radius 1 is 0.676 bits per heavy atom. The molecule has 2 N–H and O–H groups in total. The summed E-state index contributed by atoms with van der Waals surface area (Å²) >= 11 is 0. The van der Waals surface area contributed by atoms with Crippen molar-refractivity contribution in [2.45, 2.75) is 12.8 Å². The zero-order valence-electron chi connectivity index (χ0n) is 18.9. The first-order valence-electron chi connectivity index (χ1n) is 11.4. The number of amides is 1. The number of carbonyl (C=O) groups excluding carboxylic acids is 1. The van der Waals surface area contributed by atoms with Gasteiger partial charge in [0.05, 0.1) is 13.2 Å². The van der Waals surface area contributed by atoms with Gasteiger partial charge in [-0.1, -0.05) is 54.6 Å². The average Bonchev–Trinajstić information content (AvgIpc) is 2.88. The van der Waals surface area contributed by atoms with E-state index < -0.39 is 0 Å². The summed E-state index contributed by atoms with van der Waals surface area (Å²) in [6, 6.07) is 34.9. The van der Waals surface area contributed by atoms with E-state index in [1.807, 2.05) is 84.9 Å². The Morgan fingerprint density at radius 2 is 1.35 bits per heavy atom. The molecule has 0 aliphatic rings. The Bertz CT molecular complexity index is 1160. The van der Waals surface area contributed by atoms with E-state index in [4.69, 9.17) is 9.47 Å². The molecule has 0 fully saturated rings. The number of benzene rings is 4. The molecule has 0 aromatic heterocycles. The molecule has 0 radical (unpaired) electrons. The van der Waals surface area contributed by atoms with Crippen molar-refractivity contribution in [2.24, 2.45) is 0 Å². The molecule has 0 saturated carbocycles. The quantitative estimate of drug-likeness (QED) is 0.254. The SMILES string of the molecule is O=C(CNc1cccc(OCCCc2ccccc2)c1)Nc1ccc(Oc2ccccc2)cc1. The Hall–Kier alpha value is -4.25. The van der Waals surface area contributed by atoms with Crippen LogP contribution in [0.15, 0.2) is 109 Å². The van der Waals surface area contributed by atoms with Gasteiger partial charge in [0, 0.05) is 17.4 Å². The third kappa shape index (κ3) is 7.41. The third-order valence-corrected chi connectivity index (χ3v) is 5.13. The van der Waals surface area contributed by atoms with Gasteiger partial charge >= 0.3 is 0 Å². The van der Waals surface area contributed by atoms with Crippen LogP contribution in [0.5, 0.6) is 17.2 Å². The number of hydrogen-bond acceptors (Lipinski definition) is 4. The first-order valence-corrected chi connectivity index (χ1v) is 11.4. The molecular weight excluding hydrogens is 424 g/mol. The van der Waals surface area contributed by atoms with E-state index in [9.17, 15) is 4.79 Å². The molecule has 0 saturated heterocycles. The van der Waals surface area contributed by atoms with E-state index in [1.165, 1.54) is 5.56 Å². The fourth-order valence-corrected chi connectivity index (χ4v) is 3.43. The lowest BCUT2D eigenvalue weighted by atomic mass is 10.1. The Morgan fingerprint density at radius 3 is 2.12 bits per heavy atom. The maximum Gasteiger partial charge on any atom is 0.243 e. The van der Waals surface area contributed by atoms with Gasteiger partial charge in [-0.25, -0.2) is 0 Å². The van der Waals surface area contributed by atoms with Crippen molar-refractivity contribution in [1.82, 2.24) is 0 Å². The number of anilines is 2. The molecule has 0 spiro atoms. The molecule has 5 nitrogen and oxygen atoms in total. The molecule has 0 atom stereocenters. The smallest absolute Gasteiger partial charge is 0.243 e. The molecule has 4 rings (SSSR count). The highest BCUT2D eigenvalue weighted by atomic mass is 16.5. The lowest BCUT2D eigenvalue weighted by molar-refractivity contribution is -0.114. The molecule has 34 heavy (non-hydrogen) atoms. The lowest BCUT2D eigenvalue weighted by Gasteiger charge is -2.11. The average molecular weight is 453 g/mol. The van der Waals surface area contributed by atoms with Crippen molar-refractivity contribution in [1.29, 1.82) is 0 Å². The number of hydrogen-bond donors (Lipinski definition) is 2. The highest BCUT2D eigenvalue weighted by Crippen LogP contribution is 2.23. The van der Waals surface area contributed by atoms with E-state index in [-0.39, 0.29) is 12.5 Å². The standard InChI is InChI=1S/C29H28N2O3/c32-29(31-24-16-18-27(19-17-24)34-26-13-5-2-6-14-26)22-30-25-12-7-15-28(21-25)33-20-8-11-23-9-3-1-4-10-23/h1-7,9-10,12-19,21,30H,8,11,20,22H2,(H,31,32). The van der Waals surface area contributed by atoms with Crippen molar-refractivity contribution in [2.75, 3.05) is 23.8 Å². The van der Waals surface area contributed by atoms with Gasteiger partial charge in [0.1, 0.15) is 17.2 Å². The highest BCUT2D eigenvalue weighted by Gasteiger charge is 2.04. The zero-order chi connectivity index (χ0) is 23.4. The number of para-hydroxylation sites is 1. The molecule has 4 aromatic carbocycles. The van der Waals surface area contributed by atoms with Gasteiger partial charge in [0.2, 0.25) is 5.91 Å². The number of ether oxygens (including phenoxy) is 2. The van der Waals surface area contributed by atoms with E-state index in [2.05, 4.69) is 34.9 Å². The minimum atomic E-state index is -0.133. The van der Waals surface area contributed by atoms with Crippen molar-refractivity contribution in [3.05, 3.63) is 115 Å². The van der Waals surface area contributed by atoms with Crippen LogP contribution in [-0.2, 0) is 11.2 Å². The van der Waals surface area contributed by atoms with Crippen LogP contribution in [0.4, 0.5) is 11.4 Å². The second-order valence-electron chi connectivity index (χ2n) is 7.81. The van der Waals surface area contributed by atoms with E-state index in [0.29, 0.717) is 18.0 Å². The highest BCUT2D eigenvalue weighted by molar-refractivity contribution is 5.93. The number of nitrogens with one attached hydrogen (secondary N) is 2. The minimum Gasteiger partial charge on any atom is -0.494 e. The summed E-state index contributed by atoms with van der Waals surface area (Å²) in [5, 5.41) is 6.04. The van der Waals surface area contributed by atoms with E-state index in [0.717, 1.165) is 30.0 Å². The summed E-state index contributed by atoms with van der Waals surface area (Å²) in [7, 11) is 0. The fraction of sp³-hybridized carbons (Fsp3) is 0.138. The summed E-state index contributed by atoms with van der Waals surface area (Å²) in [6.45, 7) is 0.794. The second kappa shape index (κ2) is 12.1. The topological polar surface area (TPSA) is 59.6 Å². The summed E-state index contributed by atoms with van der Waals surface area (Å²) in [5.74, 6) is 2.13. The molecule has 0 heterocycles. The van der Waals surface area contributed by atoms with Crippen LogP contribution in [0, 0.1) is 0 Å². The minimum absolute atomic E-state index is 0.133. The van der Waals surface area contributed by atoms with Crippen LogP contribution in [0.3, 0.4) is 0 Å². The van der Waals surface area contributed by atoms with Gasteiger partial charge in [-0.3, -0.25) is 4.79 Å². The predicted molar refractivity (Wildman–Crippen MR) is 137 cm³/mol. The van der Waals surface area contributed by atoms with Crippen molar-refractivity contribution in [3.63, 3.8) is 0 Å². The van der Waals surface area contributed by atoms with Gasteiger partial charge in [-0.05, 0) is 66.9 Å². The molecule has 0 aliphatic heterocycles. The van der Waals surface area contributed by atoms with Crippen LogP contribution in [0.2, 0.25) is 0 Å². The van der Waals surface area contributed by atoms with Crippen LogP contribution >= 0.6 is 0 Å². The normalized spacial score (nSPS) is 10.4. The monoisotopic (exact) mass is 452 g/mol. The maximum absolute atomic E-state index is 12.4. The molecular formula is C29H28N2O3.